The number of aliphatic hydroxyl groups excluding tert-OH is 1. The molecule has 2 rings (SSSR count). The normalized spacial score (nSPS) is 12.7. The molecule has 0 aromatic heterocycles. The molecule has 0 fully saturated rings. The van der Waals surface area contributed by atoms with E-state index >= 15 is 0 Å². The van der Waals surface area contributed by atoms with Gasteiger partial charge in [-0.15, -0.1) is 0 Å². The van der Waals surface area contributed by atoms with Gasteiger partial charge >= 0.3 is 6.18 Å². The van der Waals surface area contributed by atoms with Crippen LogP contribution in [-0.2, 0) is 17.4 Å². The molecular weight excluding hydrogens is 343 g/mol. The standard InChI is InChI=1S/C20H22F3NO2/c1-13-7-8-15(14(2)11-13)9-10-19(26)24-12-18(25)16-5-3-4-6-17(16)20(21,22)23/h3-8,11,18,25H,9-10,12H2,1-2H3,(H,24,26). The second-order valence-electron chi connectivity index (χ2n) is 6.33. The molecule has 1 amide bonds. The topological polar surface area (TPSA) is 49.3 Å². The molecule has 1 unspecified atom stereocenters. The Morgan fingerprint density at radius 1 is 1.15 bits per heavy atom. The SMILES string of the molecule is Cc1ccc(CCC(=O)NCC(O)c2ccccc2C(F)(F)F)c(C)c1. The van der Waals surface area contributed by atoms with E-state index in [9.17, 15) is 23.1 Å². The van der Waals surface area contributed by atoms with Gasteiger partial charge in [0, 0.05) is 13.0 Å². The van der Waals surface area contributed by atoms with Crippen LogP contribution in [0.25, 0.3) is 0 Å². The van der Waals surface area contributed by atoms with Gasteiger partial charge in [-0.3, -0.25) is 4.79 Å². The van der Waals surface area contributed by atoms with Crippen LogP contribution in [0.1, 0.15) is 40.3 Å². The van der Waals surface area contributed by atoms with Crippen molar-refractivity contribution in [1.29, 1.82) is 0 Å². The monoisotopic (exact) mass is 365 g/mol. The molecule has 0 aliphatic heterocycles. The van der Waals surface area contributed by atoms with Gasteiger partial charge in [0.15, 0.2) is 0 Å². The summed E-state index contributed by atoms with van der Waals surface area (Å²) in [5, 5.41) is 12.6. The number of benzene rings is 2. The van der Waals surface area contributed by atoms with Gasteiger partial charge in [0.1, 0.15) is 0 Å². The van der Waals surface area contributed by atoms with Crippen molar-refractivity contribution in [2.24, 2.45) is 0 Å². The summed E-state index contributed by atoms with van der Waals surface area (Å²) in [4.78, 5) is 12.0. The lowest BCUT2D eigenvalue weighted by Gasteiger charge is -2.18. The Bertz CT molecular complexity index is 772. The zero-order valence-corrected chi connectivity index (χ0v) is 14.7. The van der Waals surface area contributed by atoms with E-state index in [1.54, 1.807) is 0 Å². The maximum atomic E-state index is 13.0. The van der Waals surface area contributed by atoms with Gasteiger partial charge in [0.2, 0.25) is 5.91 Å². The van der Waals surface area contributed by atoms with Crippen LogP contribution in [0.2, 0.25) is 0 Å². The number of hydrogen-bond donors (Lipinski definition) is 2. The molecule has 0 spiro atoms. The Labute approximate surface area is 150 Å². The van der Waals surface area contributed by atoms with E-state index in [0.29, 0.717) is 6.42 Å². The molecule has 26 heavy (non-hydrogen) atoms. The zero-order chi connectivity index (χ0) is 19.3. The maximum Gasteiger partial charge on any atom is 0.416 e. The first-order valence-corrected chi connectivity index (χ1v) is 8.35. The van der Waals surface area contributed by atoms with E-state index in [2.05, 4.69) is 5.32 Å². The van der Waals surface area contributed by atoms with Crippen LogP contribution in [0.5, 0.6) is 0 Å². The lowest BCUT2D eigenvalue weighted by atomic mass is 10.0. The van der Waals surface area contributed by atoms with Crippen LogP contribution in [-0.4, -0.2) is 17.6 Å². The number of aryl methyl sites for hydroxylation is 3. The fraction of sp³-hybridized carbons (Fsp3) is 0.350. The molecular formula is C20H22F3NO2. The van der Waals surface area contributed by atoms with Crippen LogP contribution < -0.4 is 5.32 Å². The first-order chi connectivity index (χ1) is 12.2. The van der Waals surface area contributed by atoms with Gasteiger partial charge in [-0.1, -0.05) is 42.0 Å². The predicted octanol–water partition coefficient (Wildman–Crippen LogP) is 4.10. The summed E-state index contributed by atoms with van der Waals surface area (Å²) >= 11 is 0. The highest BCUT2D eigenvalue weighted by molar-refractivity contribution is 5.76. The minimum atomic E-state index is -4.55. The molecule has 3 nitrogen and oxygen atoms in total. The third-order valence-corrected chi connectivity index (χ3v) is 4.24. The number of nitrogens with one attached hydrogen (secondary N) is 1. The third kappa shape index (κ3) is 5.33. The van der Waals surface area contributed by atoms with Crippen molar-refractivity contribution in [3.8, 4) is 0 Å². The minimum absolute atomic E-state index is 0.206. The summed E-state index contributed by atoms with van der Waals surface area (Å²) in [6.45, 7) is 3.69. The van der Waals surface area contributed by atoms with E-state index in [1.165, 1.54) is 18.2 Å². The van der Waals surface area contributed by atoms with E-state index in [0.717, 1.165) is 22.8 Å². The molecule has 1 atom stereocenters. The van der Waals surface area contributed by atoms with Crippen molar-refractivity contribution in [3.05, 3.63) is 70.3 Å². The Morgan fingerprint density at radius 3 is 2.50 bits per heavy atom. The molecule has 140 valence electrons. The average Bonchev–Trinajstić information content (AvgIpc) is 2.58. The van der Waals surface area contributed by atoms with Crippen molar-refractivity contribution in [3.63, 3.8) is 0 Å². The Morgan fingerprint density at radius 2 is 1.85 bits per heavy atom. The number of carbonyl (C=O) groups is 1. The number of halogens is 3. The number of hydrogen-bond acceptors (Lipinski definition) is 2. The van der Waals surface area contributed by atoms with Crippen LogP contribution in [0.4, 0.5) is 13.2 Å². The van der Waals surface area contributed by atoms with E-state index < -0.39 is 17.8 Å². The Kier molecular flexibility index (Phi) is 6.42. The average molecular weight is 365 g/mol. The lowest BCUT2D eigenvalue weighted by molar-refractivity contribution is -0.139. The summed E-state index contributed by atoms with van der Waals surface area (Å²) in [7, 11) is 0. The summed E-state index contributed by atoms with van der Waals surface area (Å²) < 4.78 is 39.0. The van der Waals surface area contributed by atoms with Gasteiger partial charge < -0.3 is 10.4 Å². The summed E-state index contributed by atoms with van der Waals surface area (Å²) in [6, 6.07) is 10.8. The fourth-order valence-corrected chi connectivity index (χ4v) is 2.83. The second kappa shape index (κ2) is 8.36. The van der Waals surface area contributed by atoms with Gasteiger partial charge in [-0.25, -0.2) is 0 Å². The predicted molar refractivity (Wildman–Crippen MR) is 93.7 cm³/mol. The Hall–Kier alpha value is -2.34. The van der Waals surface area contributed by atoms with Gasteiger partial charge in [0.25, 0.3) is 0 Å². The Balaban J connectivity index is 1.91. The number of aliphatic hydroxyl groups is 1. The van der Waals surface area contributed by atoms with Crippen LogP contribution in [0.3, 0.4) is 0 Å². The molecule has 0 radical (unpaired) electrons. The first-order valence-electron chi connectivity index (χ1n) is 8.35. The third-order valence-electron chi connectivity index (χ3n) is 4.24. The number of carbonyl (C=O) groups excluding carboxylic acids is 1. The minimum Gasteiger partial charge on any atom is -0.387 e. The largest absolute Gasteiger partial charge is 0.416 e. The van der Waals surface area contributed by atoms with Gasteiger partial charge in [0.05, 0.1) is 11.7 Å². The lowest BCUT2D eigenvalue weighted by Crippen LogP contribution is -2.29. The number of amides is 1. The molecule has 0 saturated heterocycles. The van der Waals surface area contributed by atoms with E-state index in [4.69, 9.17) is 0 Å². The van der Waals surface area contributed by atoms with Crippen molar-refractivity contribution in [2.75, 3.05) is 6.54 Å². The van der Waals surface area contributed by atoms with E-state index in [1.807, 2.05) is 32.0 Å². The first kappa shape index (κ1) is 20.0. The molecule has 0 bridgehead atoms. The second-order valence-corrected chi connectivity index (χ2v) is 6.33. The highest BCUT2D eigenvalue weighted by atomic mass is 19.4. The number of alkyl halides is 3. The molecule has 0 heterocycles. The molecule has 6 heteroatoms. The van der Waals surface area contributed by atoms with Crippen molar-refractivity contribution in [1.82, 2.24) is 5.32 Å². The number of rotatable bonds is 6. The zero-order valence-electron chi connectivity index (χ0n) is 14.7. The van der Waals surface area contributed by atoms with Gasteiger partial charge in [-0.05, 0) is 43.0 Å². The molecule has 2 N–H and O–H groups in total. The molecule has 2 aromatic rings. The molecule has 2 aromatic carbocycles. The van der Waals surface area contributed by atoms with Crippen LogP contribution in [0.15, 0.2) is 42.5 Å². The fourth-order valence-electron chi connectivity index (χ4n) is 2.83. The van der Waals surface area contributed by atoms with Crippen LogP contribution >= 0.6 is 0 Å². The highest BCUT2D eigenvalue weighted by Crippen LogP contribution is 2.34. The van der Waals surface area contributed by atoms with Crippen molar-refractivity contribution in [2.45, 2.75) is 39.0 Å². The van der Waals surface area contributed by atoms with Gasteiger partial charge in [-0.2, -0.15) is 13.2 Å². The van der Waals surface area contributed by atoms with Crippen molar-refractivity contribution < 1.29 is 23.1 Å². The highest BCUT2D eigenvalue weighted by Gasteiger charge is 2.34. The van der Waals surface area contributed by atoms with Crippen molar-refractivity contribution >= 4 is 5.91 Å². The summed E-state index contributed by atoms with van der Waals surface area (Å²) in [6.07, 6.45) is -5.23. The quantitative estimate of drug-likeness (QED) is 0.810. The molecule has 0 aliphatic carbocycles. The maximum absolute atomic E-state index is 13.0. The molecule has 0 aliphatic rings. The van der Waals surface area contributed by atoms with Crippen LogP contribution in [0, 0.1) is 13.8 Å². The smallest absolute Gasteiger partial charge is 0.387 e. The summed E-state index contributed by atoms with van der Waals surface area (Å²) in [5.74, 6) is -0.312. The molecule has 0 saturated carbocycles. The summed E-state index contributed by atoms with van der Waals surface area (Å²) in [5.41, 5.74) is 2.15. The van der Waals surface area contributed by atoms with E-state index in [-0.39, 0.29) is 24.4 Å².